The lowest BCUT2D eigenvalue weighted by atomic mass is 10.0. The van der Waals surface area contributed by atoms with Crippen LogP contribution in [0.5, 0.6) is 0 Å². The first-order chi connectivity index (χ1) is 15.3. The number of anilines is 1. The molecule has 8 nitrogen and oxygen atoms in total. The van der Waals surface area contributed by atoms with Crippen LogP contribution in [0, 0.1) is 0 Å². The van der Waals surface area contributed by atoms with Crippen molar-refractivity contribution in [2.75, 3.05) is 50.8 Å². The number of hydrogen-bond donors (Lipinski definition) is 0. The molecule has 3 aliphatic rings. The third kappa shape index (κ3) is 3.59. The Hall–Kier alpha value is -2.84. The number of aliphatic imine (C=N–C) groups is 1. The predicted octanol–water partition coefficient (Wildman–Crippen LogP) is 2.68. The molecule has 0 saturated carbocycles. The molecule has 3 aromatic rings. The Kier molecular flexibility index (Phi) is 4.88. The summed E-state index contributed by atoms with van der Waals surface area (Å²) in [7, 11) is 0. The second-order valence-electron chi connectivity index (χ2n) is 8.48. The van der Waals surface area contributed by atoms with Gasteiger partial charge in [-0.25, -0.2) is 9.67 Å². The van der Waals surface area contributed by atoms with Crippen LogP contribution in [0.2, 0.25) is 0 Å². The summed E-state index contributed by atoms with van der Waals surface area (Å²) in [4.78, 5) is 19.3. The van der Waals surface area contributed by atoms with Crippen molar-refractivity contribution in [1.82, 2.24) is 24.6 Å². The number of hydrogen-bond acceptors (Lipinski definition) is 7. The minimum Gasteiger partial charge on any atom is -0.378 e. The van der Waals surface area contributed by atoms with Crippen molar-refractivity contribution in [2.45, 2.75) is 25.8 Å². The van der Waals surface area contributed by atoms with Gasteiger partial charge in [0.15, 0.2) is 5.65 Å². The summed E-state index contributed by atoms with van der Waals surface area (Å²) in [6.07, 6.45) is 7.40. The average Bonchev–Trinajstić information content (AvgIpc) is 3.58. The highest BCUT2D eigenvalue weighted by Crippen LogP contribution is 2.33. The van der Waals surface area contributed by atoms with Crippen molar-refractivity contribution in [3.05, 3.63) is 30.0 Å². The minimum atomic E-state index is 0.707. The first-order valence-corrected chi connectivity index (χ1v) is 11.3. The highest BCUT2D eigenvalue weighted by atomic mass is 16.5. The average molecular weight is 418 g/mol. The summed E-state index contributed by atoms with van der Waals surface area (Å²) in [5.41, 5.74) is 5.22. The van der Waals surface area contributed by atoms with Crippen molar-refractivity contribution in [1.29, 1.82) is 0 Å². The highest BCUT2D eigenvalue weighted by molar-refractivity contribution is 5.92. The topological polar surface area (TPSA) is 71.7 Å². The summed E-state index contributed by atoms with van der Waals surface area (Å²) < 4.78 is 7.59. The summed E-state index contributed by atoms with van der Waals surface area (Å²) in [6, 6.07) is 6.46. The van der Waals surface area contributed by atoms with Crippen LogP contribution in [0.1, 0.15) is 18.4 Å². The molecular weight excluding hydrogens is 390 g/mol. The van der Waals surface area contributed by atoms with Crippen molar-refractivity contribution in [2.24, 2.45) is 4.99 Å². The van der Waals surface area contributed by atoms with E-state index in [4.69, 9.17) is 19.8 Å². The van der Waals surface area contributed by atoms with Crippen LogP contribution in [-0.4, -0.2) is 76.8 Å². The molecule has 0 atom stereocenters. The molecule has 2 fully saturated rings. The molecule has 31 heavy (non-hydrogen) atoms. The Morgan fingerprint density at radius 2 is 1.84 bits per heavy atom. The lowest BCUT2D eigenvalue weighted by Gasteiger charge is -2.27. The SMILES string of the molecule is C1=Nc2cc(-c3nc(N4CCOCC4)nc4c3cnn4CCN3CCCC3)ccc2C1. The molecule has 0 aliphatic carbocycles. The van der Waals surface area contributed by atoms with Gasteiger partial charge in [0.1, 0.15) is 0 Å². The molecule has 2 saturated heterocycles. The van der Waals surface area contributed by atoms with E-state index in [1.54, 1.807) is 0 Å². The highest BCUT2D eigenvalue weighted by Gasteiger charge is 2.21. The van der Waals surface area contributed by atoms with E-state index in [1.807, 2.05) is 17.1 Å². The van der Waals surface area contributed by atoms with Gasteiger partial charge >= 0.3 is 0 Å². The van der Waals surface area contributed by atoms with Crippen LogP contribution in [0.15, 0.2) is 29.4 Å². The van der Waals surface area contributed by atoms with E-state index in [1.165, 1.54) is 31.5 Å². The number of rotatable bonds is 5. The number of ether oxygens (including phenoxy) is 1. The molecule has 1 aromatic carbocycles. The fraction of sp³-hybridized carbons (Fsp3) is 0.478. The maximum absolute atomic E-state index is 5.54. The molecule has 5 heterocycles. The van der Waals surface area contributed by atoms with E-state index in [0.717, 1.165) is 66.5 Å². The normalized spacial score (nSPS) is 18.9. The van der Waals surface area contributed by atoms with Gasteiger partial charge in [0, 0.05) is 37.8 Å². The van der Waals surface area contributed by atoms with Crippen molar-refractivity contribution >= 4 is 28.9 Å². The zero-order chi connectivity index (χ0) is 20.6. The first-order valence-electron chi connectivity index (χ1n) is 11.3. The van der Waals surface area contributed by atoms with Crippen LogP contribution in [-0.2, 0) is 17.7 Å². The van der Waals surface area contributed by atoms with Crippen LogP contribution >= 0.6 is 0 Å². The molecule has 6 rings (SSSR count). The van der Waals surface area contributed by atoms with Gasteiger partial charge in [-0.15, -0.1) is 0 Å². The van der Waals surface area contributed by atoms with Crippen molar-refractivity contribution < 1.29 is 4.74 Å². The molecule has 0 unspecified atom stereocenters. The fourth-order valence-corrected chi connectivity index (χ4v) is 4.72. The Morgan fingerprint density at radius 1 is 0.968 bits per heavy atom. The third-order valence-electron chi connectivity index (χ3n) is 6.51. The maximum Gasteiger partial charge on any atom is 0.228 e. The first kappa shape index (κ1) is 18.9. The van der Waals surface area contributed by atoms with Crippen LogP contribution in [0.3, 0.4) is 0 Å². The second-order valence-corrected chi connectivity index (χ2v) is 8.48. The van der Waals surface area contributed by atoms with Gasteiger partial charge in [-0.2, -0.15) is 10.1 Å². The summed E-state index contributed by atoms with van der Waals surface area (Å²) in [6.45, 7) is 7.26. The molecule has 0 radical (unpaired) electrons. The van der Waals surface area contributed by atoms with Crippen LogP contribution < -0.4 is 4.90 Å². The molecule has 2 aromatic heterocycles. The Labute approximate surface area is 181 Å². The number of aromatic nitrogens is 4. The Bertz CT molecular complexity index is 1130. The van der Waals surface area contributed by atoms with E-state index in [9.17, 15) is 0 Å². The number of likely N-dealkylation sites (tertiary alicyclic amines) is 1. The summed E-state index contributed by atoms with van der Waals surface area (Å²) in [5.74, 6) is 0.762. The zero-order valence-electron chi connectivity index (χ0n) is 17.7. The van der Waals surface area contributed by atoms with E-state index in [-0.39, 0.29) is 0 Å². The molecule has 0 amide bonds. The van der Waals surface area contributed by atoms with Gasteiger partial charge in [0.25, 0.3) is 0 Å². The lowest BCUT2D eigenvalue weighted by molar-refractivity contribution is 0.122. The van der Waals surface area contributed by atoms with Gasteiger partial charge in [-0.1, -0.05) is 12.1 Å². The van der Waals surface area contributed by atoms with Gasteiger partial charge in [-0.05, 0) is 37.6 Å². The monoisotopic (exact) mass is 417 g/mol. The van der Waals surface area contributed by atoms with Gasteiger partial charge in [0.05, 0.1) is 42.7 Å². The van der Waals surface area contributed by atoms with E-state index in [2.05, 4.69) is 33.0 Å². The molecule has 0 bridgehead atoms. The fourth-order valence-electron chi connectivity index (χ4n) is 4.72. The molecule has 160 valence electrons. The van der Waals surface area contributed by atoms with Crippen LogP contribution in [0.4, 0.5) is 11.6 Å². The Balaban J connectivity index is 1.42. The number of benzene rings is 1. The second kappa shape index (κ2) is 8.01. The molecule has 0 N–H and O–H groups in total. The lowest BCUT2D eigenvalue weighted by Crippen LogP contribution is -2.37. The zero-order valence-corrected chi connectivity index (χ0v) is 17.7. The van der Waals surface area contributed by atoms with Crippen LogP contribution in [0.25, 0.3) is 22.3 Å². The van der Waals surface area contributed by atoms with Crippen molar-refractivity contribution in [3.63, 3.8) is 0 Å². The van der Waals surface area contributed by atoms with Gasteiger partial charge in [-0.3, -0.25) is 4.99 Å². The quantitative estimate of drug-likeness (QED) is 0.636. The Morgan fingerprint density at radius 3 is 2.71 bits per heavy atom. The largest absolute Gasteiger partial charge is 0.378 e. The predicted molar refractivity (Wildman–Crippen MR) is 121 cm³/mol. The standard InChI is InChI=1S/C23H27N7O/c1-2-8-28(7-1)9-10-30-22-19(16-25-30)21(18-4-3-17-5-6-24-20(17)15-18)26-23(27-22)29-11-13-31-14-12-29/h3-4,6,15-16H,1-2,5,7-14H2. The molecular formula is C23H27N7O. The van der Waals surface area contributed by atoms with E-state index < -0.39 is 0 Å². The summed E-state index contributed by atoms with van der Waals surface area (Å²) >= 11 is 0. The molecule has 8 heteroatoms. The third-order valence-corrected chi connectivity index (χ3v) is 6.51. The number of morpholine rings is 1. The van der Waals surface area contributed by atoms with Crippen molar-refractivity contribution in [3.8, 4) is 11.3 Å². The number of nitrogens with zero attached hydrogens (tertiary/aromatic N) is 7. The van der Waals surface area contributed by atoms with E-state index in [0.29, 0.717) is 13.2 Å². The summed E-state index contributed by atoms with van der Waals surface area (Å²) in [5, 5.41) is 5.72. The smallest absolute Gasteiger partial charge is 0.228 e. The molecule has 3 aliphatic heterocycles. The van der Waals surface area contributed by atoms with Gasteiger partial charge in [0.2, 0.25) is 5.95 Å². The molecule has 0 spiro atoms. The maximum atomic E-state index is 5.54. The van der Waals surface area contributed by atoms with E-state index >= 15 is 0 Å². The minimum absolute atomic E-state index is 0.707. The number of fused-ring (bicyclic) bond motifs is 2. The van der Waals surface area contributed by atoms with Gasteiger partial charge < -0.3 is 14.5 Å².